The van der Waals surface area contributed by atoms with Crippen LogP contribution in [0.15, 0.2) is 0 Å². The average molecular weight is 296 g/mol. The van der Waals surface area contributed by atoms with E-state index < -0.39 is 12.3 Å². The number of carbonyl (C=O) groups is 1. The number of methoxy groups -OCH3 is 1. The third kappa shape index (κ3) is 2.56. The fourth-order valence-electron chi connectivity index (χ4n) is 2.47. The molecule has 0 saturated heterocycles. The van der Waals surface area contributed by atoms with Crippen LogP contribution in [0, 0.1) is 6.92 Å². The molecule has 1 aliphatic heterocycles. The van der Waals surface area contributed by atoms with E-state index in [4.69, 9.17) is 18.9 Å². The summed E-state index contributed by atoms with van der Waals surface area (Å²) < 4.78 is 21.3. The van der Waals surface area contributed by atoms with Crippen LogP contribution in [0.5, 0.6) is 11.5 Å². The average Bonchev–Trinajstić information content (AvgIpc) is 2.77. The summed E-state index contributed by atoms with van der Waals surface area (Å²) in [7, 11) is 1.45. The number of cyclic esters (lactones) is 1. The Hall–Kier alpha value is -1.79. The fourth-order valence-corrected chi connectivity index (χ4v) is 2.47. The maximum absolute atomic E-state index is 12.1. The van der Waals surface area contributed by atoms with Gasteiger partial charge in [0.25, 0.3) is 0 Å². The number of phenolic OH excluding ortho intramolecular Hbond substituents is 1. The molecule has 1 N–H and O–H groups in total. The zero-order chi connectivity index (χ0) is 15.6. The minimum Gasteiger partial charge on any atom is -0.507 e. The second-order valence-electron chi connectivity index (χ2n) is 4.60. The molecule has 0 bridgehead atoms. The van der Waals surface area contributed by atoms with Gasteiger partial charge in [0, 0.05) is 29.9 Å². The summed E-state index contributed by atoms with van der Waals surface area (Å²) in [6.07, 6.45) is -0.839. The van der Waals surface area contributed by atoms with Gasteiger partial charge in [-0.2, -0.15) is 0 Å². The molecule has 0 fully saturated rings. The van der Waals surface area contributed by atoms with Crippen LogP contribution in [-0.4, -0.2) is 31.4 Å². The number of fused-ring (bicyclic) bond motifs is 1. The maximum Gasteiger partial charge on any atom is 0.345 e. The number of phenols is 1. The number of aromatic hydroxyl groups is 1. The molecule has 0 aliphatic carbocycles. The topological polar surface area (TPSA) is 74.2 Å². The van der Waals surface area contributed by atoms with E-state index >= 15 is 0 Å². The highest BCUT2D eigenvalue weighted by Gasteiger charge is 2.39. The number of benzene rings is 1. The molecule has 116 valence electrons. The Kier molecular flexibility index (Phi) is 4.69. The largest absolute Gasteiger partial charge is 0.507 e. The van der Waals surface area contributed by atoms with E-state index in [2.05, 4.69) is 0 Å². The first-order valence-corrected chi connectivity index (χ1v) is 6.89. The lowest BCUT2D eigenvalue weighted by molar-refractivity contribution is -0.100. The highest BCUT2D eigenvalue weighted by molar-refractivity contribution is 5.98. The summed E-state index contributed by atoms with van der Waals surface area (Å²) in [4.78, 5) is 12.1. The van der Waals surface area contributed by atoms with E-state index in [1.807, 2.05) is 6.92 Å². The van der Waals surface area contributed by atoms with E-state index in [-0.39, 0.29) is 12.4 Å². The number of carbonyl (C=O) groups excluding carboxylic acids is 1. The predicted molar refractivity (Wildman–Crippen MR) is 74.5 cm³/mol. The van der Waals surface area contributed by atoms with Gasteiger partial charge in [0.15, 0.2) is 0 Å². The molecule has 1 aromatic rings. The van der Waals surface area contributed by atoms with E-state index in [9.17, 15) is 9.90 Å². The van der Waals surface area contributed by atoms with E-state index in [1.165, 1.54) is 7.11 Å². The lowest BCUT2D eigenvalue weighted by Crippen LogP contribution is -2.08. The molecule has 1 aromatic carbocycles. The van der Waals surface area contributed by atoms with Crippen LogP contribution in [0.2, 0.25) is 0 Å². The Morgan fingerprint density at radius 1 is 1.29 bits per heavy atom. The molecular weight excluding hydrogens is 276 g/mol. The van der Waals surface area contributed by atoms with E-state index in [1.54, 1.807) is 13.8 Å². The van der Waals surface area contributed by atoms with Gasteiger partial charge in [-0.15, -0.1) is 0 Å². The minimum absolute atomic E-state index is 0.0436. The molecule has 1 heterocycles. The smallest absolute Gasteiger partial charge is 0.345 e. The van der Waals surface area contributed by atoms with Crippen molar-refractivity contribution in [3.05, 3.63) is 22.3 Å². The molecule has 6 heteroatoms. The summed E-state index contributed by atoms with van der Waals surface area (Å²) in [6, 6.07) is 0. The molecule has 1 unspecified atom stereocenters. The molecular formula is C15H20O6. The number of hydrogen-bond donors (Lipinski definition) is 1. The first-order valence-electron chi connectivity index (χ1n) is 6.89. The zero-order valence-corrected chi connectivity index (χ0v) is 12.7. The summed E-state index contributed by atoms with van der Waals surface area (Å²) in [5.41, 5.74) is 1.80. The van der Waals surface area contributed by atoms with Gasteiger partial charge < -0.3 is 24.1 Å². The number of hydrogen-bond acceptors (Lipinski definition) is 6. The number of esters is 1. The van der Waals surface area contributed by atoms with Crippen LogP contribution < -0.4 is 4.74 Å². The Bertz CT molecular complexity index is 552. The SMILES string of the molecule is CCOCc1c(O)c(C)c(OC)c2c1C(OCC)OC2=O. The molecule has 0 radical (unpaired) electrons. The Labute approximate surface area is 123 Å². The first-order chi connectivity index (χ1) is 10.1. The molecule has 21 heavy (non-hydrogen) atoms. The van der Waals surface area contributed by atoms with Crippen molar-refractivity contribution in [2.75, 3.05) is 20.3 Å². The monoisotopic (exact) mass is 296 g/mol. The highest BCUT2D eigenvalue weighted by atomic mass is 16.7. The summed E-state index contributed by atoms with van der Waals surface area (Å²) in [5, 5.41) is 10.4. The second kappa shape index (κ2) is 6.32. The van der Waals surface area contributed by atoms with Crippen LogP contribution in [0.3, 0.4) is 0 Å². The third-order valence-corrected chi connectivity index (χ3v) is 3.43. The molecule has 0 aromatic heterocycles. The predicted octanol–water partition coefficient (Wildman–Crippen LogP) is 2.45. The highest BCUT2D eigenvalue weighted by Crippen LogP contribution is 2.46. The Morgan fingerprint density at radius 3 is 2.57 bits per heavy atom. The van der Waals surface area contributed by atoms with Crippen LogP contribution in [0.4, 0.5) is 0 Å². The van der Waals surface area contributed by atoms with E-state index in [0.717, 1.165) is 0 Å². The number of rotatable bonds is 6. The normalized spacial score (nSPS) is 16.8. The third-order valence-electron chi connectivity index (χ3n) is 3.43. The van der Waals surface area contributed by atoms with E-state index in [0.29, 0.717) is 41.2 Å². The molecule has 2 rings (SSSR count). The van der Waals surface area contributed by atoms with Crippen molar-refractivity contribution in [1.29, 1.82) is 0 Å². The standard InChI is InChI=1S/C15H20O6/c1-5-19-7-9-10-11(13(18-4)8(3)12(9)16)14(17)21-15(10)20-6-2/h15-16H,5-7H2,1-4H3. The Morgan fingerprint density at radius 2 is 2.00 bits per heavy atom. The van der Waals surface area contributed by atoms with Crippen molar-refractivity contribution in [2.45, 2.75) is 33.7 Å². The van der Waals surface area contributed by atoms with Crippen molar-refractivity contribution in [1.82, 2.24) is 0 Å². The second-order valence-corrected chi connectivity index (χ2v) is 4.60. The van der Waals surface area contributed by atoms with Crippen LogP contribution in [-0.2, 0) is 20.8 Å². The van der Waals surface area contributed by atoms with Gasteiger partial charge in [-0.3, -0.25) is 0 Å². The fraction of sp³-hybridized carbons (Fsp3) is 0.533. The molecule has 1 aliphatic rings. The molecule has 0 spiro atoms. The van der Waals surface area contributed by atoms with Gasteiger partial charge >= 0.3 is 5.97 Å². The first kappa shape index (κ1) is 15.6. The van der Waals surface area contributed by atoms with Crippen molar-refractivity contribution in [3.8, 4) is 11.5 Å². The molecule has 0 saturated carbocycles. The van der Waals surface area contributed by atoms with Crippen LogP contribution >= 0.6 is 0 Å². The zero-order valence-electron chi connectivity index (χ0n) is 12.7. The lowest BCUT2D eigenvalue weighted by Gasteiger charge is -2.18. The van der Waals surface area contributed by atoms with Gasteiger partial charge in [-0.25, -0.2) is 4.79 Å². The molecule has 6 nitrogen and oxygen atoms in total. The molecule has 0 amide bonds. The quantitative estimate of drug-likeness (QED) is 0.813. The lowest BCUT2D eigenvalue weighted by atomic mass is 9.96. The van der Waals surface area contributed by atoms with Crippen molar-refractivity contribution in [3.63, 3.8) is 0 Å². The van der Waals surface area contributed by atoms with Crippen LogP contribution in [0.25, 0.3) is 0 Å². The van der Waals surface area contributed by atoms with Gasteiger partial charge in [0.2, 0.25) is 6.29 Å². The van der Waals surface area contributed by atoms with Gasteiger partial charge in [-0.05, 0) is 20.8 Å². The van der Waals surface area contributed by atoms with Gasteiger partial charge in [0.05, 0.1) is 13.7 Å². The minimum atomic E-state index is -0.839. The summed E-state index contributed by atoms with van der Waals surface area (Å²) in [5.74, 6) is -0.154. The molecule has 1 atom stereocenters. The van der Waals surface area contributed by atoms with Crippen molar-refractivity contribution >= 4 is 5.97 Å². The summed E-state index contributed by atoms with van der Waals surface area (Å²) >= 11 is 0. The van der Waals surface area contributed by atoms with Gasteiger partial charge in [-0.1, -0.05) is 0 Å². The van der Waals surface area contributed by atoms with Gasteiger partial charge in [0.1, 0.15) is 17.1 Å². The van der Waals surface area contributed by atoms with Crippen LogP contribution in [0.1, 0.15) is 47.2 Å². The Balaban J connectivity index is 2.66. The van der Waals surface area contributed by atoms with Crippen molar-refractivity contribution < 1.29 is 28.8 Å². The maximum atomic E-state index is 12.1. The number of ether oxygens (including phenoxy) is 4. The summed E-state index contributed by atoms with van der Waals surface area (Å²) in [6.45, 7) is 6.39. The van der Waals surface area contributed by atoms with Crippen molar-refractivity contribution in [2.24, 2.45) is 0 Å².